The van der Waals surface area contributed by atoms with Crippen molar-refractivity contribution in [2.75, 3.05) is 7.05 Å². The lowest BCUT2D eigenvalue weighted by atomic mass is 10.1. The van der Waals surface area contributed by atoms with Crippen molar-refractivity contribution >= 4 is 29.1 Å². The van der Waals surface area contributed by atoms with E-state index in [0.717, 1.165) is 16.7 Å². The van der Waals surface area contributed by atoms with Gasteiger partial charge in [-0.05, 0) is 54.1 Å². The Labute approximate surface area is 183 Å². The summed E-state index contributed by atoms with van der Waals surface area (Å²) in [5.41, 5.74) is 3.06. The minimum atomic E-state index is -0.108. The average Bonchev–Trinajstić information content (AvgIpc) is 3.27. The predicted octanol–water partition coefficient (Wildman–Crippen LogP) is 5.98. The number of halogens is 2. The lowest BCUT2D eigenvalue weighted by Crippen LogP contribution is -2.26. The van der Waals surface area contributed by atoms with Gasteiger partial charge in [0.1, 0.15) is 0 Å². The minimum absolute atomic E-state index is 0.108. The molecule has 0 radical (unpaired) electrons. The first kappa shape index (κ1) is 20.1. The van der Waals surface area contributed by atoms with Crippen LogP contribution in [0.3, 0.4) is 0 Å². The average molecular weight is 438 g/mol. The fourth-order valence-corrected chi connectivity index (χ4v) is 3.32. The summed E-state index contributed by atoms with van der Waals surface area (Å²) < 4.78 is 5.76. The molecule has 7 heteroatoms. The van der Waals surface area contributed by atoms with E-state index in [9.17, 15) is 4.79 Å². The van der Waals surface area contributed by atoms with E-state index in [2.05, 4.69) is 10.2 Å². The predicted molar refractivity (Wildman–Crippen MR) is 117 cm³/mol. The molecule has 0 bridgehead atoms. The van der Waals surface area contributed by atoms with Crippen molar-refractivity contribution in [1.29, 1.82) is 0 Å². The zero-order valence-electron chi connectivity index (χ0n) is 16.0. The normalized spacial score (nSPS) is 10.8. The van der Waals surface area contributed by atoms with Crippen LogP contribution in [0.25, 0.3) is 22.9 Å². The van der Waals surface area contributed by atoms with E-state index in [-0.39, 0.29) is 5.91 Å². The highest BCUT2D eigenvalue weighted by atomic mass is 35.5. The van der Waals surface area contributed by atoms with Gasteiger partial charge in [0.15, 0.2) is 0 Å². The molecule has 0 saturated heterocycles. The van der Waals surface area contributed by atoms with Crippen LogP contribution < -0.4 is 0 Å². The molecule has 5 nitrogen and oxygen atoms in total. The first-order valence-electron chi connectivity index (χ1n) is 9.20. The molecule has 4 rings (SSSR count). The molecule has 0 saturated carbocycles. The van der Waals surface area contributed by atoms with E-state index in [0.29, 0.717) is 33.9 Å². The van der Waals surface area contributed by atoms with Crippen LogP contribution in [0.1, 0.15) is 15.9 Å². The molecule has 1 amide bonds. The Morgan fingerprint density at radius 1 is 0.867 bits per heavy atom. The van der Waals surface area contributed by atoms with Gasteiger partial charge in [0.25, 0.3) is 5.91 Å². The van der Waals surface area contributed by atoms with Gasteiger partial charge in [0, 0.05) is 30.3 Å². The van der Waals surface area contributed by atoms with Gasteiger partial charge in [0.2, 0.25) is 11.8 Å². The maximum atomic E-state index is 12.8. The maximum Gasteiger partial charge on any atom is 0.253 e. The Bertz CT molecular complexity index is 1170. The summed E-state index contributed by atoms with van der Waals surface area (Å²) in [7, 11) is 1.74. The second-order valence-electron chi connectivity index (χ2n) is 6.77. The molecule has 0 aliphatic heterocycles. The summed E-state index contributed by atoms with van der Waals surface area (Å²) in [5, 5.41) is 9.16. The van der Waals surface area contributed by atoms with E-state index in [1.165, 1.54) is 0 Å². The van der Waals surface area contributed by atoms with Gasteiger partial charge in [-0.25, -0.2) is 0 Å². The Kier molecular flexibility index (Phi) is 5.84. The van der Waals surface area contributed by atoms with E-state index in [1.807, 2.05) is 36.4 Å². The zero-order valence-corrected chi connectivity index (χ0v) is 17.6. The summed E-state index contributed by atoms with van der Waals surface area (Å²) in [6.45, 7) is 0.418. The molecule has 1 aromatic heterocycles. The van der Waals surface area contributed by atoms with Crippen molar-refractivity contribution in [2.24, 2.45) is 0 Å². The van der Waals surface area contributed by atoms with Gasteiger partial charge in [-0.3, -0.25) is 4.79 Å². The van der Waals surface area contributed by atoms with Crippen LogP contribution in [0.15, 0.2) is 77.2 Å². The second kappa shape index (κ2) is 8.69. The van der Waals surface area contributed by atoms with E-state index in [4.69, 9.17) is 27.6 Å². The summed E-state index contributed by atoms with van der Waals surface area (Å²) in [4.78, 5) is 14.4. The van der Waals surface area contributed by atoms with Crippen molar-refractivity contribution < 1.29 is 9.21 Å². The van der Waals surface area contributed by atoms with Gasteiger partial charge in [-0.15, -0.1) is 10.2 Å². The van der Waals surface area contributed by atoms with Crippen molar-refractivity contribution in [2.45, 2.75) is 6.54 Å². The lowest BCUT2D eigenvalue weighted by Gasteiger charge is -2.17. The second-order valence-corrected chi connectivity index (χ2v) is 7.58. The van der Waals surface area contributed by atoms with Crippen LogP contribution in [-0.2, 0) is 6.54 Å². The highest BCUT2D eigenvalue weighted by molar-refractivity contribution is 6.42. The topological polar surface area (TPSA) is 59.2 Å². The third-order valence-electron chi connectivity index (χ3n) is 4.57. The molecule has 3 aromatic carbocycles. The fraction of sp³-hybridized carbons (Fsp3) is 0.0870. The third-order valence-corrected chi connectivity index (χ3v) is 5.31. The monoisotopic (exact) mass is 437 g/mol. The molecular formula is C23H17Cl2N3O2. The van der Waals surface area contributed by atoms with Crippen molar-refractivity contribution in [1.82, 2.24) is 15.1 Å². The molecule has 0 aliphatic carbocycles. The number of rotatable bonds is 5. The third kappa shape index (κ3) is 4.37. The van der Waals surface area contributed by atoms with E-state index < -0.39 is 0 Å². The largest absolute Gasteiger partial charge is 0.416 e. The summed E-state index contributed by atoms with van der Waals surface area (Å²) in [6.07, 6.45) is 0. The number of benzene rings is 3. The molecule has 0 fully saturated rings. The molecule has 1 heterocycles. The molecule has 0 spiro atoms. The Morgan fingerprint density at radius 2 is 1.50 bits per heavy atom. The zero-order chi connectivity index (χ0) is 21.1. The molecule has 150 valence electrons. The van der Waals surface area contributed by atoms with Crippen LogP contribution in [0, 0.1) is 0 Å². The van der Waals surface area contributed by atoms with Crippen LogP contribution in [-0.4, -0.2) is 28.1 Å². The van der Waals surface area contributed by atoms with Gasteiger partial charge < -0.3 is 9.32 Å². The standard InChI is InChI=1S/C23H17Cl2N3O2/c1-28(14-15-7-12-19(24)20(25)13-15)23(29)18-10-8-17(9-11-18)22-27-26-21(30-22)16-5-3-2-4-6-16/h2-13H,14H2,1H3. The van der Waals surface area contributed by atoms with Gasteiger partial charge in [0.05, 0.1) is 10.0 Å². The first-order valence-corrected chi connectivity index (χ1v) is 9.95. The number of hydrogen-bond donors (Lipinski definition) is 0. The highest BCUT2D eigenvalue weighted by Crippen LogP contribution is 2.25. The van der Waals surface area contributed by atoms with Crippen LogP contribution >= 0.6 is 23.2 Å². The summed E-state index contributed by atoms with van der Waals surface area (Å²) >= 11 is 12.0. The van der Waals surface area contributed by atoms with Crippen molar-refractivity contribution in [3.05, 3.63) is 94.0 Å². The fourth-order valence-electron chi connectivity index (χ4n) is 3.00. The summed E-state index contributed by atoms with van der Waals surface area (Å²) in [5.74, 6) is 0.743. The summed E-state index contributed by atoms with van der Waals surface area (Å²) in [6, 6.07) is 22.0. The molecule has 4 aromatic rings. The van der Waals surface area contributed by atoms with Gasteiger partial charge >= 0.3 is 0 Å². The van der Waals surface area contributed by atoms with Crippen LogP contribution in [0.4, 0.5) is 0 Å². The molecule has 0 unspecified atom stereocenters. The molecule has 0 atom stereocenters. The highest BCUT2D eigenvalue weighted by Gasteiger charge is 2.15. The number of amides is 1. The van der Waals surface area contributed by atoms with Crippen LogP contribution in [0.2, 0.25) is 10.0 Å². The van der Waals surface area contributed by atoms with Crippen LogP contribution in [0.5, 0.6) is 0 Å². The molecule has 30 heavy (non-hydrogen) atoms. The number of hydrogen-bond acceptors (Lipinski definition) is 4. The van der Waals surface area contributed by atoms with E-state index >= 15 is 0 Å². The molecule has 0 N–H and O–H groups in total. The lowest BCUT2D eigenvalue weighted by molar-refractivity contribution is 0.0785. The smallest absolute Gasteiger partial charge is 0.253 e. The number of aromatic nitrogens is 2. The first-order chi connectivity index (χ1) is 14.5. The molecule has 0 aliphatic rings. The Balaban J connectivity index is 1.47. The Hall–Kier alpha value is -3.15. The Morgan fingerprint density at radius 3 is 2.13 bits per heavy atom. The maximum absolute atomic E-state index is 12.8. The van der Waals surface area contributed by atoms with Crippen molar-refractivity contribution in [3.63, 3.8) is 0 Å². The SMILES string of the molecule is CN(Cc1ccc(Cl)c(Cl)c1)C(=O)c1ccc(-c2nnc(-c3ccccc3)o2)cc1. The quantitative estimate of drug-likeness (QED) is 0.385. The number of carbonyl (C=O) groups excluding carboxylic acids is 1. The number of nitrogens with zero attached hydrogens (tertiary/aromatic N) is 3. The van der Waals surface area contributed by atoms with Gasteiger partial charge in [-0.2, -0.15) is 0 Å². The van der Waals surface area contributed by atoms with Crippen molar-refractivity contribution in [3.8, 4) is 22.9 Å². The van der Waals surface area contributed by atoms with Gasteiger partial charge in [-0.1, -0.05) is 47.5 Å². The van der Waals surface area contributed by atoms with E-state index in [1.54, 1.807) is 48.3 Å². The minimum Gasteiger partial charge on any atom is -0.416 e. The number of carbonyl (C=O) groups is 1. The molecular weight excluding hydrogens is 421 g/mol.